The maximum Gasteiger partial charge on any atom is 0.258 e. The van der Waals surface area contributed by atoms with E-state index in [4.69, 9.17) is 0 Å². The predicted molar refractivity (Wildman–Crippen MR) is 103 cm³/mol. The number of rotatable bonds is 4. The molecule has 0 saturated heterocycles. The molecule has 1 saturated carbocycles. The monoisotopic (exact) mass is 405 g/mol. The van der Waals surface area contributed by atoms with Gasteiger partial charge in [0.1, 0.15) is 5.82 Å². The second kappa shape index (κ2) is 9.56. The van der Waals surface area contributed by atoms with Crippen molar-refractivity contribution < 1.29 is 23.1 Å². The average molecular weight is 405 g/mol. The lowest BCUT2D eigenvalue weighted by molar-refractivity contribution is 0.0972. The molecule has 1 amide bonds. The Kier molecular flexibility index (Phi) is 6.87. The Morgan fingerprint density at radius 2 is 1.69 bits per heavy atom. The standard InChI is InChI=1S/C21H22F3N3O2/c22-15-4-1-13(2-5-15)12-25-21(26-16-6-8-17(28)9-7-16)27-20(29)14-3-10-18(23)19(24)11-14/h1-5,10-11,16-17,28H,6-9,12H2,(H2,25,26,27,29). The number of carbonyl (C=O) groups is 1. The molecule has 0 spiro atoms. The Balaban J connectivity index is 1.73. The minimum Gasteiger partial charge on any atom is -0.393 e. The number of nitrogens with zero attached hydrogens (tertiary/aromatic N) is 1. The van der Waals surface area contributed by atoms with Crippen LogP contribution in [-0.2, 0) is 6.54 Å². The van der Waals surface area contributed by atoms with E-state index in [-0.39, 0.29) is 36.0 Å². The highest BCUT2D eigenvalue weighted by atomic mass is 19.2. The second-order valence-corrected chi connectivity index (χ2v) is 7.02. The van der Waals surface area contributed by atoms with Crippen LogP contribution in [0.3, 0.4) is 0 Å². The molecule has 0 atom stereocenters. The quantitative estimate of drug-likeness (QED) is 0.540. The number of benzene rings is 2. The molecule has 154 valence electrons. The van der Waals surface area contributed by atoms with Crippen molar-refractivity contribution in [2.45, 2.75) is 44.4 Å². The molecule has 1 aliphatic rings. The third kappa shape index (κ3) is 6.05. The van der Waals surface area contributed by atoms with Gasteiger partial charge in [0.25, 0.3) is 5.91 Å². The molecule has 2 aromatic carbocycles. The van der Waals surface area contributed by atoms with Gasteiger partial charge in [0.2, 0.25) is 0 Å². The minimum absolute atomic E-state index is 0.00983. The van der Waals surface area contributed by atoms with E-state index in [1.54, 1.807) is 12.1 Å². The molecule has 3 N–H and O–H groups in total. The molecule has 0 radical (unpaired) electrons. The van der Waals surface area contributed by atoms with Gasteiger partial charge in [-0.3, -0.25) is 10.1 Å². The third-order valence-corrected chi connectivity index (χ3v) is 4.78. The number of nitrogens with one attached hydrogen (secondary N) is 2. The van der Waals surface area contributed by atoms with E-state index >= 15 is 0 Å². The zero-order chi connectivity index (χ0) is 20.8. The van der Waals surface area contributed by atoms with Crippen molar-refractivity contribution in [3.63, 3.8) is 0 Å². The van der Waals surface area contributed by atoms with Crippen LogP contribution in [0, 0.1) is 17.5 Å². The molecule has 5 nitrogen and oxygen atoms in total. The van der Waals surface area contributed by atoms with Crippen LogP contribution in [-0.4, -0.2) is 29.1 Å². The smallest absolute Gasteiger partial charge is 0.258 e. The number of aliphatic hydroxyl groups is 1. The van der Waals surface area contributed by atoms with Crippen molar-refractivity contribution in [2.24, 2.45) is 4.99 Å². The van der Waals surface area contributed by atoms with Crippen LogP contribution < -0.4 is 10.6 Å². The maximum absolute atomic E-state index is 13.4. The van der Waals surface area contributed by atoms with Gasteiger partial charge in [-0.2, -0.15) is 0 Å². The number of carbonyl (C=O) groups excluding carboxylic acids is 1. The maximum atomic E-state index is 13.4. The second-order valence-electron chi connectivity index (χ2n) is 7.02. The number of guanidine groups is 1. The van der Waals surface area contributed by atoms with Crippen molar-refractivity contribution in [1.82, 2.24) is 10.6 Å². The SMILES string of the molecule is O=C(NC(=NCc1ccc(F)cc1)NC1CCC(O)CC1)c1ccc(F)c(F)c1. The van der Waals surface area contributed by atoms with E-state index in [0.29, 0.717) is 25.7 Å². The lowest BCUT2D eigenvalue weighted by Crippen LogP contribution is -2.47. The highest BCUT2D eigenvalue weighted by molar-refractivity contribution is 6.05. The Bertz CT molecular complexity index is 879. The van der Waals surface area contributed by atoms with E-state index in [2.05, 4.69) is 15.6 Å². The fourth-order valence-corrected chi connectivity index (χ4v) is 3.11. The summed E-state index contributed by atoms with van der Waals surface area (Å²) in [6.45, 7) is 0.190. The van der Waals surface area contributed by atoms with Gasteiger partial charge in [-0.05, 0) is 61.6 Å². The molecule has 0 aromatic heterocycles. The van der Waals surface area contributed by atoms with Crippen molar-refractivity contribution in [3.8, 4) is 0 Å². The molecule has 29 heavy (non-hydrogen) atoms. The first kappa shape index (κ1) is 20.9. The molecule has 0 heterocycles. The van der Waals surface area contributed by atoms with Crippen LogP contribution in [0.5, 0.6) is 0 Å². The Hall–Kier alpha value is -2.87. The molecule has 1 fully saturated rings. The molecule has 8 heteroatoms. The topological polar surface area (TPSA) is 73.7 Å². The van der Waals surface area contributed by atoms with E-state index in [9.17, 15) is 23.1 Å². The largest absolute Gasteiger partial charge is 0.393 e. The molecular formula is C21H22F3N3O2. The summed E-state index contributed by atoms with van der Waals surface area (Å²) in [4.78, 5) is 16.8. The summed E-state index contributed by atoms with van der Waals surface area (Å²) in [5, 5.41) is 15.4. The number of hydrogen-bond acceptors (Lipinski definition) is 3. The number of aliphatic hydroxyl groups excluding tert-OH is 1. The van der Waals surface area contributed by atoms with Gasteiger partial charge in [0, 0.05) is 11.6 Å². The Morgan fingerprint density at radius 1 is 1.00 bits per heavy atom. The average Bonchev–Trinajstić information content (AvgIpc) is 2.71. The number of hydrogen-bond donors (Lipinski definition) is 3. The van der Waals surface area contributed by atoms with E-state index in [1.165, 1.54) is 18.2 Å². The highest BCUT2D eigenvalue weighted by Gasteiger charge is 2.21. The lowest BCUT2D eigenvalue weighted by atomic mass is 9.93. The Morgan fingerprint density at radius 3 is 2.34 bits per heavy atom. The molecule has 0 unspecified atom stereocenters. The van der Waals surface area contributed by atoms with Crippen LogP contribution in [0.1, 0.15) is 41.6 Å². The lowest BCUT2D eigenvalue weighted by Gasteiger charge is -2.27. The molecule has 0 aliphatic heterocycles. The number of aliphatic imine (C=N–C) groups is 1. The van der Waals surface area contributed by atoms with Gasteiger partial charge in [-0.15, -0.1) is 0 Å². The summed E-state index contributed by atoms with van der Waals surface area (Å²) in [6.07, 6.45) is 2.36. The molecule has 1 aliphatic carbocycles. The van der Waals surface area contributed by atoms with Crippen molar-refractivity contribution in [2.75, 3.05) is 0 Å². The first-order chi connectivity index (χ1) is 13.9. The van der Waals surface area contributed by atoms with Crippen LogP contribution in [0.25, 0.3) is 0 Å². The molecular weight excluding hydrogens is 383 g/mol. The van der Waals surface area contributed by atoms with Crippen molar-refractivity contribution in [1.29, 1.82) is 0 Å². The molecule has 2 aromatic rings. The van der Waals surface area contributed by atoms with Gasteiger partial charge >= 0.3 is 0 Å². The summed E-state index contributed by atoms with van der Waals surface area (Å²) in [5.74, 6) is -2.96. The van der Waals surface area contributed by atoms with Crippen LogP contribution in [0.2, 0.25) is 0 Å². The predicted octanol–water partition coefficient (Wildman–Crippen LogP) is 3.28. The van der Waals surface area contributed by atoms with Crippen LogP contribution in [0.4, 0.5) is 13.2 Å². The van der Waals surface area contributed by atoms with E-state index in [1.807, 2.05) is 0 Å². The van der Waals surface area contributed by atoms with Gasteiger partial charge in [0.05, 0.1) is 12.6 Å². The number of amides is 1. The van der Waals surface area contributed by atoms with Crippen LogP contribution >= 0.6 is 0 Å². The molecule has 0 bridgehead atoms. The van der Waals surface area contributed by atoms with Gasteiger partial charge in [-0.25, -0.2) is 18.2 Å². The van der Waals surface area contributed by atoms with Gasteiger partial charge < -0.3 is 10.4 Å². The summed E-state index contributed by atoms with van der Waals surface area (Å²) in [7, 11) is 0. The normalized spacial score (nSPS) is 19.7. The van der Waals surface area contributed by atoms with Gasteiger partial charge in [-0.1, -0.05) is 12.1 Å². The summed E-state index contributed by atoms with van der Waals surface area (Å²) in [6, 6.07) is 8.71. The van der Waals surface area contributed by atoms with E-state index in [0.717, 1.165) is 17.7 Å². The van der Waals surface area contributed by atoms with Crippen LogP contribution in [0.15, 0.2) is 47.5 Å². The summed E-state index contributed by atoms with van der Waals surface area (Å²) >= 11 is 0. The van der Waals surface area contributed by atoms with Crippen molar-refractivity contribution in [3.05, 3.63) is 71.0 Å². The first-order valence-electron chi connectivity index (χ1n) is 9.40. The zero-order valence-corrected chi connectivity index (χ0v) is 15.7. The summed E-state index contributed by atoms with van der Waals surface area (Å²) in [5.41, 5.74) is 0.700. The third-order valence-electron chi connectivity index (χ3n) is 4.78. The van der Waals surface area contributed by atoms with Crippen molar-refractivity contribution >= 4 is 11.9 Å². The summed E-state index contributed by atoms with van der Waals surface area (Å²) < 4.78 is 39.6. The Labute approximate surface area is 166 Å². The minimum atomic E-state index is -1.11. The van der Waals surface area contributed by atoms with E-state index < -0.39 is 17.5 Å². The molecule has 3 rings (SSSR count). The van der Waals surface area contributed by atoms with Gasteiger partial charge in [0.15, 0.2) is 17.6 Å². The fourth-order valence-electron chi connectivity index (χ4n) is 3.11. The first-order valence-corrected chi connectivity index (χ1v) is 9.40. The fraction of sp³-hybridized carbons (Fsp3) is 0.333. The highest BCUT2D eigenvalue weighted by Crippen LogP contribution is 2.18. The zero-order valence-electron chi connectivity index (χ0n) is 15.7. The number of halogens is 3.